The minimum atomic E-state index is -0.528. The highest BCUT2D eigenvalue weighted by Crippen LogP contribution is 2.18. The minimum absolute atomic E-state index is 0.0769. The third kappa shape index (κ3) is 8.44. The second kappa shape index (κ2) is 12.1. The number of carbonyl (C=O) groups excluding carboxylic acids is 3. The van der Waals surface area contributed by atoms with Gasteiger partial charge in [-0.3, -0.25) is 9.80 Å². The molecule has 0 spiro atoms. The molecule has 0 unspecified atom stereocenters. The average Bonchev–Trinajstić information content (AvgIpc) is 3.45. The third-order valence-electron chi connectivity index (χ3n) is 5.60. The number of rotatable bonds is 3. The van der Waals surface area contributed by atoms with Crippen molar-refractivity contribution in [2.75, 3.05) is 19.7 Å². The summed E-state index contributed by atoms with van der Waals surface area (Å²) in [4.78, 5) is 47.3. The fourth-order valence-corrected chi connectivity index (χ4v) is 3.91. The number of amides is 2. The van der Waals surface area contributed by atoms with Gasteiger partial charge in [-0.2, -0.15) is 0 Å². The lowest BCUT2D eigenvalue weighted by atomic mass is 10.2. The molecule has 2 aromatic rings. The highest BCUT2D eigenvalue weighted by molar-refractivity contribution is 5.87. The molecule has 1 N–H and O–H groups in total. The Morgan fingerprint density at radius 1 is 0.821 bits per heavy atom. The molecule has 13 nitrogen and oxygen atoms in total. The summed E-state index contributed by atoms with van der Waals surface area (Å²) < 4.78 is 19.4. The van der Waals surface area contributed by atoms with E-state index in [9.17, 15) is 14.4 Å². The van der Waals surface area contributed by atoms with E-state index >= 15 is 0 Å². The molecule has 2 aliphatic rings. The Bertz CT molecular complexity index is 1170. The van der Waals surface area contributed by atoms with Gasteiger partial charge in [-0.1, -0.05) is 0 Å². The summed E-state index contributed by atoms with van der Waals surface area (Å²) in [6, 6.07) is 0. The molecule has 4 rings (SSSR count). The van der Waals surface area contributed by atoms with Crippen LogP contribution in [0.1, 0.15) is 76.3 Å². The number of imidazole rings is 2. The van der Waals surface area contributed by atoms with Crippen molar-refractivity contribution in [3.05, 3.63) is 35.4 Å². The first-order valence-electron chi connectivity index (χ1n) is 13.0. The summed E-state index contributed by atoms with van der Waals surface area (Å²) in [6.07, 6.45) is 2.80. The topological polar surface area (TPSA) is 141 Å². The van der Waals surface area contributed by atoms with Gasteiger partial charge in [0.15, 0.2) is 5.69 Å². The van der Waals surface area contributed by atoms with Crippen LogP contribution in [-0.2, 0) is 47.0 Å². The zero-order valence-corrected chi connectivity index (χ0v) is 23.9. The van der Waals surface area contributed by atoms with Gasteiger partial charge in [-0.25, -0.2) is 24.4 Å². The van der Waals surface area contributed by atoms with Gasteiger partial charge in [0, 0.05) is 38.6 Å². The lowest BCUT2D eigenvalue weighted by Crippen LogP contribution is -2.41. The van der Waals surface area contributed by atoms with E-state index in [0.29, 0.717) is 57.4 Å². The van der Waals surface area contributed by atoms with Crippen LogP contribution in [-0.4, -0.2) is 83.1 Å². The monoisotopic (exact) mass is 548 g/mol. The number of nitrogens with zero attached hydrogens (tertiary/aromatic N) is 6. The number of ether oxygens (including phenoxy) is 3. The Hall–Kier alpha value is -3.61. The fraction of sp³-hybridized carbons (Fsp3) is 0.654. The van der Waals surface area contributed by atoms with E-state index in [1.807, 2.05) is 56.9 Å². The van der Waals surface area contributed by atoms with Crippen LogP contribution in [0.15, 0.2) is 12.4 Å². The number of aliphatic hydroxyl groups is 1. The van der Waals surface area contributed by atoms with Gasteiger partial charge in [-0.15, -0.1) is 0 Å². The molecule has 0 saturated heterocycles. The third-order valence-corrected chi connectivity index (χ3v) is 5.60. The molecule has 0 aliphatic carbocycles. The smallest absolute Gasteiger partial charge is 0.410 e. The lowest BCUT2D eigenvalue weighted by molar-refractivity contribution is 0.0185. The van der Waals surface area contributed by atoms with E-state index in [4.69, 9.17) is 19.3 Å². The van der Waals surface area contributed by atoms with Crippen molar-refractivity contribution in [3.8, 4) is 0 Å². The zero-order chi connectivity index (χ0) is 29.0. The molecule has 0 bridgehead atoms. The van der Waals surface area contributed by atoms with Crippen LogP contribution in [0.2, 0.25) is 0 Å². The Kier molecular flexibility index (Phi) is 9.26. The van der Waals surface area contributed by atoms with Crippen molar-refractivity contribution < 1.29 is 33.7 Å². The SMILES string of the molecule is CC(C)(C)OC(=O)N1CCn2cc(CO)nc2C1.CCOC(=O)c1cn2c(n1)CN(C(=O)OC(C)(C)C)CC2. The molecule has 13 heteroatoms. The second-order valence-corrected chi connectivity index (χ2v) is 11.3. The molecule has 0 aromatic carbocycles. The summed E-state index contributed by atoms with van der Waals surface area (Å²) in [6.45, 7) is 16.2. The van der Waals surface area contributed by atoms with Crippen molar-refractivity contribution in [1.82, 2.24) is 28.9 Å². The van der Waals surface area contributed by atoms with Crippen LogP contribution in [0.25, 0.3) is 0 Å². The van der Waals surface area contributed by atoms with E-state index in [1.54, 1.807) is 22.9 Å². The summed E-state index contributed by atoms with van der Waals surface area (Å²) in [7, 11) is 0. The maximum absolute atomic E-state index is 12.0. The van der Waals surface area contributed by atoms with Gasteiger partial charge in [-0.05, 0) is 48.5 Å². The molecule has 0 saturated carbocycles. The molecule has 0 radical (unpaired) electrons. The van der Waals surface area contributed by atoms with Gasteiger partial charge in [0.25, 0.3) is 0 Å². The van der Waals surface area contributed by atoms with Crippen molar-refractivity contribution in [1.29, 1.82) is 0 Å². The van der Waals surface area contributed by atoms with Crippen LogP contribution in [0.4, 0.5) is 9.59 Å². The van der Waals surface area contributed by atoms with Crippen LogP contribution in [0, 0.1) is 0 Å². The maximum atomic E-state index is 12.0. The van der Waals surface area contributed by atoms with Crippen LogP contribution >= 0.6 is 0 Å². The van der Waals surface area contributed by atoms with E-state index in [2.05, 4.69) is 9.97 Å². The lowest BCUT2D eigenvalue weighted by Gasteiger charge is -2.30. The van der Waals surface area contributed by atoms with Crippen molar-refractivity contribution in [3.63, 3.8) is 0 Å². The molecule has 2 aromatic heterocycles. The van der Waals surface area contributed by atoms with Crippen LogP contribution in [0.5, 0.6) is 0 Å². The molecule has 0 fully saturated rings. The fourth-order valence-electron chi connectivity index (χ4n) is 3.91. The predicted octanol–water partition coefficient (Wildman–Crippen LogP) is 2.94. The minimum Gasteiger partial charge on any atom is -0.461 e. The summed E-state index contributed by atoms with van der Waals surface area (Å²) in [5.41, 5.74) is -0.103. The van der Waals surface area contributed by atoms with E-state index < -0.39 is 17.2 Å². The predicted molar refractivity (Wildman–Crippen MR) is 140 cm³/mol. The number of aromatic nitrogens is 4. The summed E-state index contributed by atoms with van der Waals surface area (Å²) in [5, 5.41) is 9.03. The quantitative estimate of drug-likeness (QED) is 0.453. The van der Waals surface area contributed by atoms with E-state index in [-0.39, 0.29) is 24.5 Å². The average molecular weight is 549 g/mol. The largest absolute Gasteiger partial charge is 0.461 e. The second-order valence-electron chi connectivity index (χ2n) is 11.3. The van der Waals surface area contributed by atoms with Gasteiger partial charge in [0.05, 0.1) is 32.0 Å². The zero-order valence-electron chi connectivity index (χ0n) is 23.9. The van der Waals surface area contributed by atoms with Gasteiger partial charge >= 0.3 is 18.2 Å². The van der Waals surface area contributed by atoms with Crippen molar-refractivity contribution in [2.24, 2.45) is 0 Å². The molecule has 2 aliphatic heterocycles. The first-order chi connectivity index (χ1) is 18.2. The van der Waals surface area contributed by atoms with Crippen LogP contribution < -0.4 is 0 Å². The standard InChI is InChI=1S/C14H21N3O4.C12H19N3O3/c1-5-20-12(18)10-8-16-6-7-17(9-11(16)15-10)13(19)21-14(2,3)4;1-12(2,3)18-11(17)15-5-4-14-6-9(8-16)13-10(14)7-15/h8H,5-7,9H2,1-4H3;6,16H,4-5,7-8H2,1-3H3. The Morgan fingerprint density at radius 2 is 1.31 bits per heavy atom. The molecular formula is C26H40N6O7. The highest BCUT2D eigenvalue weighted by atomic mass is 16.6. The Morgan fingerprint density at radius 3 is 1.77 bits per heavy atom. The van der Waals surface area contributed by atoms with Gasteiger partial charge in [0.2, 0.25) is 0 Å². The summed E-state index contributed by atoms with van der Waals surface area (Å²) >= 11 is 0. The van der Waals surface area contributed by atoms with Crippen molar-refractivity contribution >= 4 is 18.2 Å². The van der Waals surface area contributed by atoms with Crippen molar-refractivity contribution in [2.45, 2.75) is 92.5 Å². The number of fused-ring (bicyclic) bond motifs is 2. The van der Waals surface area contributed by atoms with E-state index in [1.165, 1.54) is 0 Å². The van der Waals surface area contributed by atoms with Gasteiger partial charge < -0.3 is 28.5 Å². The Balaban J connectivity index is 0.000000218. The normalized spacial score (nSPS) is 15.0. The van der Waals surface area contributed by atoms with E-state index in [0.717, 1.165) is 5.82 Å². The maximum Gasteiger partial charge on any atom is 0.410 e. The number of esters is 1. The molecule has 0 atom stereocenters. The number of hydrogen-bond donors (Lipinski definition) is 1. The molecule has 216 valence electrons. The number of hydrogen-bond acceptors (Lipinski definition) is 9. The molecule has 2 amide bonds. The van der Waals surface area contributed by atoms with Gasteiger partial charge in [0.1, 0.15) is 22.9 Å². The first kappa shape index (κ1) is 29.9. The molecule has 4 heterocycles. The number of aliphatic hydroxyl groups excluding tert-OH is 1. The van der Waals surface area contributed by atoms with Crippen LogP contribution in [0.3, 0.4) is 0 Å². The highest BCUT2D eigenvalue weighted by Gasteiger charge is 2.28. The number of carbonyl (C=O) groups is 3. The Labute approximate surface area is 228 Å². The first-order valence-corrected chi connectivity index (χ1v) is 13.0. The summed E-state index contributed by atoms with van der Waals surface area (Å²) in [5.74, 6) is 1.01. The molecular weight excluding hydrogens is 508 g/mol. The molecule has 39 heavy (non-hydrogen) atoms.